The van der Waals surface area contributed by atoms with Gasteiger partial charge in [0.2, 0.25) is 10.4 Å². The maximum atomic E-state index is 13.1. The van der Waals surface area contributed by atoms with Crippen LogP contribution in [0.2, 0.25) is 0 Å². The molecule has 220 valence electrons. The molecule has 5 N–H and O–H groups in total. The van der Waals surface area contributed by atoms with Crippen LogP contribution in [-0.4, -0.2) is 80.3 Å². The fourth-order valence-electron chi connectivity index (χ4n) is 4.83. The van der Waals surface area contributed by atoms with E-state index in [1.165, 1.54) is 35.0 Å². The molecule has 0 bridgehead atoms. The molecular weight excluding hydrogens is 600 g/mol. The van der Waals surface area contributed by atoms with Crippen molar-refractivity contribution in [3.05, 3.63) is 51.9 Å². The van der Waals surface area contributed by atoms with Gasteiger partial charge in [0.05, 0.1) is 0 Å². The number of carboxylic acids is 1. The molecule has 2 atom stereocenters. The van der Waals surface area contributed by atoms with Crippen LogP contribution in [-0.2, 0) is 49.0 Å². The molecule has 0 radical (unpaired) electrons. The Balaban J connectivity index is 0.000000714. The average molecular weight is 627 g/mol. The fraction of sp³-hybridized carbons (Fsp3) is 0.391. The summed E-state index contributed by atoms with van der Waals surface area (Å²) in [7, 11) is -3.62. The summed E-state index contributed by atoms with van der Waals surface area (Å²) in [6.45, 7) is 0.404. The van der Waals surface area contributed by atoms with Crippen LogP contribution in [0.15, 0.2) is 40.1 Å². The molecule has 2 aromatic heterocycles. The van der Waals surface area contributed by atoms with Gasteiger partial charge in [-0.2, -0.15) is 4.57 Å². The molecule has 5 rings (SSSR count). The van der Waals surface area contributed by atoms with Crippen LogP contribution in [0.25, 0.3) is 0 Å². The van der Waals surface area contributed by atoms with Gasteiger partial charge in [-0.3, -0.25) is 19.0 Å². The highest BCUT2D eigenvalue weighted by atomic mass is 32.3. The first-order chi connectivity index (χ1) is 19.4. The van der Waals surface area contributed by atoms with Crippen LogP contribution in [0.3, 0.4) is 0 Å². The zero-order chi connectivity index (χ0) is 29.9. The molecule has 1 aliphatic carbocycles. The van der Waals surface area contributed by atoms with Crippen LogP contribution in [0.5, 0.6) is 0 Å². The number of nitrogens with zero attached hydrogens (tertiary/aromatic N) is 4. The Kier molecular flexibility index (Phi) is 9.27. The van der Waals surface area contributed by atoms with Gasteiger partial charge in [0, 0.05) is 34.8 Å². The van der Waals surface area contributed by atoms with Crippen molar-refractivity contribution < 1.29 is 46.4 Å². The number of amides is 2. The first-order valence-electron chi connectivity index (χ1n) is 12.1. The molecule has 3 aliphatic rings. The molecule has 2 unspecified atom stereocenters. The predicted octanol–water partition coefficient (Wildman–Crippen LogP) is -0.314. The molecule has 1 saturated heterocycles. The highest BCUT2D eigenvalue weighted by Gasteiger charge is 2.55. The summed E-state index contributed by atoms with van der Waals surface area (Å²) in [5.41, 5.74) is 8.96. The summed E-state index contributed by atoms with van der Waals surface area (Å²) >= 11 is 2.57. The number of fused-ring (bicyclic) bond motifs is 2. The summed E-state index contributed by atoms with van der Waals surface area (Å²) in [5, 5.41) is 17.7. The number of carboxylic acid groups (broad SMARTS) is 1. The third-order valence-corrected chi connectivity index (χ3v) is 8.46. The van der Waals surface area contributed by atoms with E-state index in [0.29, 0.717) is 17.9 Å². The summed E-state index contributed by atoms with van der Waals surface area (Å²) in [4.78, 5) is 48.4. The van der Waals surface area contributed by atoms with Gasteiger partial charge in [-0.25, -0.2) is 18.2 Å². The Bertz CT molecular complexity index is 1530. The monoisotopic (exact) mass is 626 g/mol. The summed E-state index contributed by atoms with van der Waals surface area (Å²) in [5.74, 6) is -1.86. The molecule has 2 amide bonds. The van der Waals surface area contributed by atoms with E-state index in [1.807, 2.05) is 12.3 Å². The van der Waals surface area contributed by atoms with Crippen molar-refractivity contribution in [2.24, 2.45) is 5.16 Å². The number of hydrogen-bond acceptors (Lipinski definition) is 12. The highest BCUT2D eigenvalue weighted by molar-refractivity contribution is 8.00. The van der Waals surface area contributed by atoms with Gasteiger partial charge < -0.3 is 25.5 Å². The number of anilines is 1. The Hall–Kier alpha value is -3.58. The summed E-state index contributed by atoms with van der Waals surface area (Å²) in [6.07, 6.45) is 6.20. The van der Waals surface area contributed by atoms with E-state index in [-0.39, 0.29) is 22.2 Å². The number of thioether (sulfide) groups is 1. The van der Waals surface area contributed by atoms with Crippen molar-refractivity contribution in [2.75, 3.05) is 18.6 Å². The third-order valence-electron chi connectivity index (χ3n) is 6.45. The van der Waals surface area contributed by atoms with Crippen LogP contribution in [0, 0.1) is 0 Å². The van der Waals surface area contributed by atoms with Crippen LogP contribution in [0.1, 0.15) is 29.8 Å². The number of aryl methyl sites for hydroxylation is 1. The number of carbonyl (C=O) groups excluding carboxylic acids is 2. The Labute approximate surface area is 242 Å². The van der Waals surface area contributed by atoms with E-state index in [4.69, 9.17) is 28.1 Å². The SMILES string of the molecule is CO/N=C(\C(=O)NC1C(=O)N2C(C(=O)O)=C(C[n+]3cccc4c3CCCC4)CSC12)c1csc(N)n1.O=S(=O)([O-])O. The lowest BCUT2D eigenvalue weighted by Gasteiger charge is -2.49. The number of nitrogens with one attached hydrogen (secondary N) is 1. The second-order valence-electron chi connectivity index (χ2n) is 9.05. The number of carbonyl (C=O) groups is 3. The normalized spacial score (nSPS) is 20.2. The van der Waals surface area contributed by atoms with Crippen molar-refractivity contribution in [1.82, 2.24) is 15.2 Å². The number of hydrogen-bond donors (Lipinski definition) is 4. The van der Waals surface area contributed by atoms with E-state index in [0.717, 1.165) is 37.0 Å². The zero-order valence-corrected chi connectivity index (χ0v) is 24.0. The number of pyridine rings is 1. The van der Waals surface area contributed by atoms with Gasteiger partial charge in [-0.05, 0) is 25.3 Å². The predicted molar refractivity (Wildman–Crippen MR) is 145 cm³/mol. The molecular formula is C23H26N6O9S3. The number of nitrogen functional groups attached to an aromatic ring is 1. The number of oxime groups is 1. The lowest BCUT2D eigenvalue weighted by Crippen LogP contribution is -2.71. The third kappa shape index (κ3) is 7.02. The van der Waals surface area contributed by atoms with E-state index >= 15 is 0 Å². The van der Waals surface area contributed by atoms with E-state index in [1.54, 1.807) is 5.38 Å². The largest absolute Gasteiger partial charge is 0.726 e. The molecule has 2 aromatic rings. The van der Waals surface area contributed by atoms with E-state index < -0.39 is 39.6 Å². The number of rotatable bonds is 7. The lowest BCUT2D eigenvalue weighted by molar-refractivity contribution is -0.697. The molecule has 0 saturated carbocycles. The summed E-state index contributed by atoms with van der Waals surface area (Å²) < 4.78 is 34.9. The highest BCUT2D eigenvalue weighted by Crippen LogP contribution is 2.40. The van der Waals surface area contributed by atoms with Gasteiger partial charge in [0.25, 0.3) is 11.8 Å². The topological polar surface area (TPSA) is 229 Å². The molecule has 41 heavy (non-hydrogen) atoms. The maximum Gasteiger partial charge on any atom is 0.352 e. The first kappa shape index (κ1) is 30.4. The Morgan fingerprint density at radius 2 is 2.07 bits per heavy atom. The van der Waals surface area contributed by atoms with Gasteiger partial charge in [0.15, 0.2) is 29.3 Å². The Morgan fingerprint density at radius 3 is 2.71 bits per heavy atom. The average Bonchev–Trinajstić information content (AvgIpc) is 3.34. The van der Waals surface area contributed by atoms with Gasteiger partial charge in [0.1, 0.15) is 29.9 Å². The number of aromatic nitrogens is 2. The molecule has 1 fully saturated rings. The van der Waals surface area contributed by atoms with Crippen LogP contribution < -0.4 is 15.6 Å². The van der Waals surface area contributed by atoms with Gasteiger partial charge in [-0.15, -0.1) is 23.1 Å². The molecule has 18 heteroatoms. The Morgan fingerprint density at radius 1 is 1.37 bits per heavy atom. The summed E-state index contributed by atoms with van der Waals surface area (Å²) in [6, 6.07) is 3.21. The lowest BCUT2D eigenvalue weighted by atomic mass is 9.95. The van der Waals surface area contributed by atoms with Gasteiger partial charge >= 0.3 is 5.97 Å². The number of aliphatic carboxylic acids is 1. The van der Waals surface area contributed by atoms with Crippen molar-refractivity contribution in [1.29, 1.82) is 0 Å². The number of nitrogens with two attached hydrogens (primary N) is 1. The van der Waals surface area contributed by atoms with Crippen molar-refractivity contribution in [2.45, 2.75) is 43.6 Å². The zero-order valence-electron chi connectivity index (χ0n) is 21.5. The number of β-lactam (4-membered cyclic amide) rings is 1. The van der Waals surface area contributed by atoms with Crippen molar-refractivity contribution in [3.8, 4) is 0 Å². The second-order valence-corrected chi connectivity index (χ2v) is 11.9. The van der Waals surface area contributed by atoms with E-state index in [2.05, 4.69) is 26.1 Å². The van der Waals surface area contributed by atoms with Crippen molar-refractivity contribution >= 4 is 62.1 Å². The van der Waals surface area contributed by atoms with Crippen LogP contribution >= 0.6 is 23.1 Å². The molecule has 2 aliphatic heterocycles. The minimum atomic E-state index is -4.92. The second kappa shape index (κ2) is 12.5. The minimum Gasteiger partial charge on any atom is -0.726 e. The van der Waals surface area contributed by atoms with Crippen molar-refractivity contribution in [3.63, 3.8) is 0 Å². The first-order valence-corrected chi connectivity index (χ1v) is 15.4. The fourth-order valence-corrected chi connectivity index (χ4v) is 6.72. The van der Waals surface area contributed by atoms with Crippen LogP contribution in [0.4, 0.5) is 5.13 Å². The molecule has 4 heterocycles. The quantitative estimate of drug-likeness (QED) is 0.0774. The van der Waals surface area contributed by atoms with E-state index in [9.17, 15) is 19.5 Å². The maximum absolute atomic E-state index is 13.1. The smallest absolute Gasteiger partial charge is 0.352 e. The number of thiazole rings is 1. The molecule has 0 spiro atoms. The molecule has 15 nitrogen and oxygen atoms in total. The molecule has 0 aromatic carbocycles. The minimum absolute atomic E-state index is 0.00628. The van der Waals surface area contributed by atoms with Gasteiger partial charge in [-0.1, -0.05) is 5.16 Å². The standard InChI is InChI=1S/C23H24N6O5S2.H2O4S/c1-34-27-16(14-11-36-23(24)25-14)19(30)26-17-20(31)29-18(22(32)33)13(10-35-21(17)29)9-28-8-4-6-12-5-2-3-7-15(12)28;1-5(2,3)4/h4,6,8,11,17,21H,2-3,5,7,9-10H2,1H3,(H3-,24,25,26,30,32,33);(H2,1,2,3,4)/b27-16-;.